The van der Waals surface area contributed by atoms with Crippen molar-refractivity contribution in [3.63, 3.8) is 0 Å². The van der Waals surface area contributed by atoms with Gasteiger partial charge in [-0.15, -0.1) is 0 Å². The Hall–Kier alpha value is -2.26. The number of allylic oxidation sites excluding steroid dienone is 2. The molecule has 114 valence electrons. The summed E-state index contributed by atoms with van der Waals surface area (Å²) in [5, 5.41) is 18.3. The Kier molecular flexibility index (Phi) is 4.88. The lowest BCUT2D eigenvalue weighted by Crippen LogP contribution is -2.26. The van der Waals surface area contributed by atoms with Crippen molar-refractivity contribution in [3.8, 4) is 12.1 Å². The molecule has 3 heteroatoms. The van der Waals surface area contributed by atoms with Crippen molar-refractivity contribution < 1.29 is 0 Å². The van der Waals surface area contributed by atoms with Crippen molar-refractivity contribution in [1.29, 1.82) is 10.5 Å². The van der Waals surface area contributed by atoms with Crippen LogP contribution in [0.3, 0.4) is 0 Å². The van der Waals surface area contributed by atoms with E-state index in [2.05, 4.69) is 44.2 Å². The molecule has 0 bridgehead atoms. The number of nitrogens with two attached hydrogens (primary N) is 1. The standard InChI is InChI=1S/C19H23N3/c1-19(2)10-15(9-16(11-19)17(12-20)13-21)4-3-14-5-7-18(22)8-6-14/h5-9,16-17H,3-4,10-11,22H2,1-2H3. The fourth-order valence-electron chi connectivity index (χ4n) is 3.34. The van der Waals surface area contributed by atoms with Gasteiger partial charge in [0.15, 0.2) is 0 Å². The highest BCUT2D eigenvalue weighted by Gasteiger charge is 2.32. The number of nitrogen functional groups attached to an aromatic ring is 1. The van der Waals surface area contributed by atoms with Gasteiger partial charge in [0.2, 0.25) is 0 Å². The van der Waals surface area contributed by atoms with Crippen LogP contribution in [0.4, 0.5) is 5.69 Å². The van der Waals surface area contributed by atoms with E-state index in [0.29, 0.717) is 0 Å². The van der Waals surface area contributed by atoms with E-state index in [-0.39, 0.29) is 11.3 Å². The number of hydrogen-bond acceptors (Lipinski definition) is 3. The maximum Gasteiger partial charge on any atom is 0.139 e. The Balaban J connectivity index is 2.09. The largest absolute Gasteiger partial charge is 0.399 e. The molecule has 1 aromatic rings. The second-order valence-corrected chi connectivity index (χ2v) is 7.01. The van der Waals surface area contributed by atoms with Crippen LogP contribution in [-0.4, -0.2) is 0 Å². The molecular formula is C19H23N3. The summed E-state index contributed by atoms with van der Waals surface area (Å²) in [7, 11) is 0. The van der Waals surface area contributed by atoms with Crippen LogP contribution in [0.5, 0.6) is 0 Å². The summed E-state index contributed by atoms with van der Waals surface area (Å²) in [6.07, 6.45) is 6.08. The molecule has 1 aliphatic rings. The van der Waals surface area contributed by atoms with Gasteiger partial charge in [0, 0.05) is 11.6 Å². The summed E-state index contributed by atoms with van der Waals surface area (Å²) >= 11 is 0. The number of benzene rings is 1. The third kappa shape index (κ3) is 4.12. The van der Waals surface area contributed by atoms with Gasteiger partial charge in [-0.3, -0.25) is 0 Å². The second-order valence-electron chi connectivity index (χ2n) is 7.01. The molecule has 0 aliphatic heterocycles. The highest BCUT2D eigenvalue weighted by atomic mass is 14.5. The summed E-state index contributed by atoms with van der Waals surface area (Å²) in [6, 6.07) is 12.3. The first-order chi connectivity index (χ1) is 10.4. The highest BCUT2D eigenvalue weighted by molar-refractivity contribution is 5.39. The van der Waals surface area contributed by atoms with Crippen LogP contribution in [0.1, 0.15) is 38.7 Å². The Morgan fingerprint density at radius 2 is 1.82 bits per heavy atom. The van der Waals surface area contributed by atoms with Gasteiger partial charge >= 0.3 is 0 Å². The van der Waals surface area contributed by atoms with Crippen LogP contribution in [-0.2, 0) is 6.42 Å². The lowest BCUT2D eigenvalue weighted by molar-refractivity contribution is 0.254. The van der Waals surface area contributed by atoms with Gasteiger partial charge in [0.25, 0.3) is 0 Å². The quantitative estimate of drug-likeness (QED) is 0.667. The summed E-state index contributed by atoms with van der Waals surface area (Å²) in [4.78, 5) is 0. The Morgan fingerprint density at radius 3 is 2.41 bits per heavy atom. The monoisotopic (exact) mass is 293 g/mol. The molecule has 2 rings (SSSR count). The van der Waals surface area contributed by atoms with Gasteiger partial charge in [0.1, 0.15) is 5.92 Å². The fraction of sp³-hybridized carbons (Fsp3) is 0.474. The van der Waals surface area contributed by atoms with E-state index in [1.165, 1.54) is 11.1 Å². The lowest BCUT2D eigenvalue weighted by Gasteiger charge is -2.35. The van der Waals surface area contributed by atoms with Gasteiger partial charge < -0.3 is 5.73 Å². The number of rotatable bonds is 4. The van der Waals surface area contributed by atoms with Crippen LogP contribution in [0.25, 0.3) is 0 Å². The number of aryl methyl sites for hydroxylation is 1. The first-order valence-corrected chi connectivity index (χ1v) is 7.77. The molecule has 0 aromatic heterocycles. The minimum atomic E-state index is -0.536. The van der Waals surface area contributed by atoms with Crippen molar-refractivity contribution in [3.05, 3.63) is 41.5 Å². The zero-order valence-electron chi connectivity index (χ0n) is 13.3. The van der Waals surface area contributed by atoms with E-state index in [1.54, 1.807) is 0 Å². The van der Waals surface area contributed by atoms with Gasteiger partial charge in [-0.2, -0.15) is 10.5 Å². The molecule has 0 spiro atoms. The Bertz CT molecular complexity index is 612. The molecule has 0 saturated carbocycles. The fourth-order valence-corrected chi connectivity index (χ4v) is 3.34. The Morgan fingerprint density at radius 1 is 1.18 bits per heavy atom. The number of hydrogen-bond donors (Lipinski definition) is 1. The smallest absolute Gasteiger partial charge is 0.139 e. The van der Waals surface area contributed by atoms with Gasteiger partial charge in [-0.25, -0.2) is 0 Å². The lowest BCUT2D eigenvalue weighted by atomic mass is 9.69. The predicted molar refractivity (Wildman–Crippen MR) is 88.5 cm³/mol. The van der Waals surface area contributed by atoms with E-state index in [4.69, 9.17) is 16.3 Å². The molecule has 0 amide bonds. The minimum Gasteiger partial charge on any atom is -0.399 e. The van der Waals surface area contributed by atoms with Crippen LogP contribution in [0, 0.1) is 39.9 Å². The summed E-state index contributed by atoms with van der Waals surface area (Å²) in [6.45, 7) is 4.45. The van der Waals surface area contributed by atoms with Gasteiger partial charge in [0.05, 0.1) is 12.1 Å². The topological polar surface area (TPSA) is 73.6 Å². The van der Waals surface area contributed by atoms with Crippen molar-refractivity contribution in [2.75, 3.05) is 5.73 Å². The average molecular weight is 293 g/mol. The summed E-state index contributed by atoms with van der Waals surface area (Å²) in [5.74, 6) is -0.480. The molecule has 0 saturated heterocycles. The molecule has 2 N–H and O–H groups in total. The maximum atomic E-state index is 9.16. The first-order valence-electron chi connectivity index (χ1n) is 7.77. The third-order valence-corrected chi connectivity index (χ3v) is 4.36. The third-order valence-electron chi connectivity index (χ3n) is 4.36. The molecule has 3 nitrogen and oxygen atoms in total. The van der Waals surface area contributed by atoms with Crippen molar-refractivity contribution in [1.82, 2.24) is 0 Å². The van der Waals surface area contributed by atoms with E-state index < -0.39 is 5.92 Å². The zero-order chi connectivity index (χ0) is 16.2. The minimum absolute atomic E-state index is 0.0557. The van der Waals surface area contributed by atoms with Gasteiger partial charge in [-0.1, -0.05) is 37.6 Å². The molecule has 22 heavy (non-hydrogen) atoms. The molecule has 1 atom stereocenters. The van der Waals surface area contributed by atoms with Gasteiger partial charge in [-0.05, 0) is 48.8 Å². The van der Waals surface area contributed by atoms with E-state index >= 15 is 0 Å². The second kappa shape index (κ2) is 6.67. The molecule has 0 radical (unpaired) electrons. The van der Waals surface area contributed by atoms with Crippen molar-refractivity contribution >= 4 is 5.69 Å². The molecule has 1 aliphatic carbocycles. The van der Waals surface area contributed by atoms with Crippen molar-refractivity contribution in [2.24, 2.45) is 17.3 Å². The van der Waals surface area contributed by atoms with E-state index in [1.807, 2.05) is 12.1 Å². The number of anilines is 1. The SMILES string of the molecule is CC1(C)CC(CCc2ccc(N)cc2)=CC(C(C#N)C#N)C1. The van der Waals surface area contributed by atoms with Crippen LogP contribution in [0.2, 0.25) is 0 Å². The molecule has 1 aromatic carbocycles. The van der Waals surface area contributed by atoms with Crippen LogP contribution >= 0.6 is 0 Å². The first kappa shape index (κ1) is 16.1. The summed E-state index contributed by atoms with van der Waals surface area (Å²) < 4.78 is 0. The highest BCUT2D eigenvalue weighted by Crippen LogP contribution is 2.42. The molecule has 1 unspecified atom stereocenters. The normalized spacial score (nSPS) is 20.0. The van der Waals surface area contributed by atoms with Crippen LogP contribution in [0.15, 0.2) is 35.9 Å². The van der Waals surface area contributed by atoms with Crippen molar-refractivity contribution in [2.45, 2.75) is 39.5 Å². The molecular weight excluding hydrogens is 270 g/mol. The molecule has 0 fully saturated rings. The number of nitriles is 2. The predicted octanol–water partition coefficient (Wildman–Crippen LogP) is 4.23. The van der Waals surface area contributed by atoms with E-state index in [0.717, 1.165) is 31.4 Å². The molecule has 0 heterocycles. The van der Waals surface area contributed by atoms with E-state index in [9.17, 15) is 0 Å². The maximum absolute atomic E-state index is 9.16. The number of nitrogens with zero attached hydrogens (tertiary/aromatic N) is 2. The Labute approximate surface area is 133 Å². The zero-order valence-corrected chi connectivity index (χ0v) is 13.3. The average Bonchev–Trinajstić information content (AvgIpc) is 2.46. The van der Waals surface area contributed by atoms with Crippen LogP contribution < -0.4 is 5.73 Å². The summed E-state index contributed by atoms with van der Waals surface area (Å²) in [5.41, 5.74) is 9.29.